The number of rotatable bonds is 5. The fourth-order valence-electron chi connectivity index (χ4n) is 3.70. The SMILES string of the molecule is CCN(CC)C1CCN(C(=O)c2sc(-c3cccc(Cl)c3Cl)nc2C)CC1. The molecule has 2 aromatic rings. The molecular weight excluding hydrogens is 401 g/mol. The number of hydrogen-bond donors (Lipinski definition) is 0. The monoisotopic (exact) mass is 425 g/mol. The van der Waals surface area contributed by atoms with Crippen LogP contribution in [0.15, 0.2) is 18.2 Å². The molecule has 0 radical (unpaired) electrons. The first-order valence-corrected chi connectivity index (χ1v) is 11.0. The zero-order valence-electron chi connectivity index (χ0n) is 16.0. The number of carbonyl (C=O) groups is 1. The van der Waals surface area contributed by atoms with Gasteiger partial charge in [0.05, 0.1) is 15.7 Å². The van der Waals surface area contributed by atoms with Crippen LogP contribution < -0.4 is 0 Å². The van der Waals surface area contributed by atoms with Gasteiger partial charge >= 0.3 is 0 Å². The van der Waals surface area contributed by atoms with Crippen molar-refractivity contribution >= 4 is 40.4 Å². The highest BCUT2D eigenvalue weighted by Crippen LogP contribution is 2.37. The van der Waals surface area contributed by atoms with Crippen molar-refractivity contribution in [3.8, 4) is 10.6 Å². The molecule has 1 saturated heterocycles. The average molecular weight is 426 g/mol. The number of aryl methyl sites for hydroxylation is 1. The van der Waals surface area contributed by atoms with E-state index < -0.39 is 0 Å². The standard InChI is InChI=1S/C20H25Cl2N3OS/c1-4-24(5-2)14-9-11-25(12-10-14)20(26)18-13(3)23-19(27-18)15-7-6-8-16(21)17(15)22/h6-8,14H,4-5,9-12H2,1-3H3. The van der Waals surface area contributed by atoms with E-state index in [-0.39, 0.29) is 5.91 Å². The molecule has 0 saturated carbocycles. The van der Waals surface area contributed by atoms with Crippen molar-refractivity contribution in [2.45, 2.75) is 39.7 Å². The van der Waals surface area contributed by atoms with Gasteiger partial charge in [-0.1, -0.05) is 49.2 Å². The lowest BCUT2D eigenvalue weighted by Gasteiger charge is -2.37. The summed E-state index contributed by atoms with van der Waals surface area (Å²) < 4.78 is 0. The molecule has 0 N–H and O–H groups in total. The van der Waals surface area contributed by atoms with Crippen molar-refractivity contribution in [1.29, 1.82) is 0 Å². The fraction of sp³-hybridized carbons (Fsp3) is 0.500. The number of amides is 1. The van der Waals surface area contributed by atoms with E-state index in [1.807, 2.05) is 24.0 Å². The molecule has 0 atom stereocenters. The Morgan fingerprint density at radius 1 is 1.26 bits per heavy atom. The van der Waals surface area contributed by atoms with Crippen LogP contribution in [-0.4, -0.2) is 52.9 Å². The molecule has 0 spiro atoms. The molecule has 1 fully saturated rings. The number of hydrogen-bond acceptors (Lipinski definition) is 4. The molecule has 1 aliphatic rings. The van der Waals surface area contributed by atoms with E-state index in [4.69, 9.17) is 23.2 Å². The fourth-order valence-corrected chi connectivity index (χ4v) is 5.21. The first kappa shape index (κ1) is 20.6. The third kappa shape index (κ3) is 4.32. The van der Waals surface area contributed by atoms with Gasteiger partial charge in [0.1, 0.15) is 9.88 Å². The number of carbonyl (C=O) groups excluding carboxylic acids is 1. The van der Waals surface area contributed by atoms with Gasteiger partial charge < -0.3 is 9.80 Å². The molecule has 0 bridgehead atoms. The molecule has 27 heavy (non-hydrogen) atoms. The van der Waals surface area contributed by atoms with Gasteiger partial charge in [0.25, 0.3) is 5.91 Å². The lowest BCUT2D eigenvalue weighted by Crippen LogP contribution is -2.46. The van der Waals surface area contributed by atoms with E-state index in [1.54, 1.807) is 6.07 Å². The van der Waals surface area contributed by atoms with E-state index >= 15 is 0 Å². The summed E-state index contributed by atoms with van der Waals surface area (Å²) in [6.07, 6.45) is 2.05. The molecule has 146 valence electrons. The Balaban J connectivity index is 1.75. The van der Waals surface area contributed by atoms with Gasteiger partial charge in [-0.15, -0.1) is 11.3 Å². The normalized spacial score (nSPS) is 15.6. The van der Waals surface area contributed by atoms with Crippen LogP contribution in [0, 0.1) is 6.92 Å². The van der Waals surface area contributed by atoms with Crippen LogP contribution >= 0.6 is 34.5 Å². The second-order valence-corrected chi connectivity index (χ2v) is 8.56. The zero-order valence-corrected chi connectivity index (χ0v) is 18.3. The van der Waals surface area contributed by atoms with E-state index in [0.29, 0.717) is 21.0 Å². The number of aromatic nitrogens is 1. The molecule has 1 aromatic heterocycles. The van der Waals surface area contributed by atoms with Crippen LogP contribution in [0.3, 0.4) is 0 Å². The molecule has 1 aromatic carbocycles. The maximum Gasteiger partial charge on any atom is 0.265 e. The predicted molar refractivity (Wildman–Crippen MR) is 114 cm³/mol. The topological polar surface area (TPSA) is 36.4 Å². The van der Waals surface area contributed by atoms with E-state index in [2.05, 4.69) is 23.7 Å². The van der Waals surface area contributed by atoms with Gasteiger partial charge in [-0.3, -0.25) is 4.79 Å². The molecule has 3 rings (SSSR count). The number of benzene rings is 1. The van der Waals surface area contributed by atoms with Crippen LogP contribution in [0.25, 0.3) is 10.6 Å². The lowest BCUT2D eigenvalue weighted by atomic mass is 10.0. The highest BCUT2D eigenvalue weighted by molar-refractivity contribution is 7.17. The van der Waals surface area contributed by atoms with Crippen LogP contribution in [0.4, 0.5) is 0 Å². The van der Waals surface area contributed by atoms with Gasteiger partial charge in [0.15, 0.2) is 0 Å². The van der Waals surface area contributed by atoms with Gasteiger partial charge in [-0.25, -0.2) is 4.98 Å². The van der Waals surface area contributed by atoms with Gasteiger partial charge in [0.2, 0.25) is 0 Å². The minimum absolute atomic E-state index is 0.0763. The summed E-state index contributed by atoms with van der Waals surface area (Å²) in [5, 5.41) is 1.71. The summed E-state index contributed by atoms with van der Waals surface area (Å²) in [6.45, 7) is 10.00. The molecule has 0 aliphatic carbocycles. The second-order valence-electron chi connectivity index (χ2n) is 6.78. The van der Waals surface area contributed by atoms with Crippen LogP contribution in [0.2, 0.25) is 10.0 Å². The Kier molecular flexibility index (Phi) is 6.79. The highest BCUT2D eigenvalue weighted by Gasteiger charge is 2.28. The predicted octanol–water partition coefficient (Wildman–Crippen LogP) is 5.37. The van der Waals surface area contributed by atoms with Crippen molar-refractivity contribution in [3.05, 3.63) is 38.8 Å². The summed E-state index contributed by atoms with van der Waals surface area (Å²) in [7, 11) is 0. The van der Waals surface area contributed by atoms with Crippen LogP contribution in [0.1, 0.15) is 42.1 Å². The molecule has 1 aliphatic heterocycles. The van der Waals surface area contributed by atoms with Crippen molar-refractivity contribution in [2.75, 3.05) is 26.2 Å². The summed E-state index contributed by atoms with van der Waals surface area (Å²) in [4.78, 5) is 22.8. The molecular formula is C20H25Cl2N3OS. The number of halogens is 2. The first-order valence-electron chi connectivity index (χ1n) is 9.41. The Morgan fingerprint density at radius 3 is 2.56 bits per heavy atom. The van der Waals surface area contributed by atoms with Crippen molar-refractivity contribution in [3.63, 3.8) is 0 Å². The number of thiazole rings is 1. The van der Waals surface area contributed by atoms with Gasteiger partial charge in [-0.2, -0.15) is 0 Å². The second kappa shape index (κ2) is 8.91. The maximum atomic E-state index is 13.1. The molecule has 0 unspecified atom stereocenters. The highest BCUT2D eigenvalue weighted by atomic mass is 35.5. The van der Waals surface area contributed by atoms with E-state index in [1.165, 1.54) is 11.3 Å². The maximum absolute atomic E-state index is 13.1. The minimum atomic E-state index is 0.0763. The number of likely N-dealkylation sites (tertiary alicyclic amines) is 1. The van der Waals surface area contributed by atoms with Gasteiger partial charge in [-0.05, 0) is 38.9 Å². The average Bonchev–Trinajstić information content (AvgIpc) is 3.06. The Labute approximate surface area is 175 Å². The molecule has 1 amide bonds. The van der Waals surface area contributed by atoms with Crippen molar-refractivity contribution < 1.29 is 4.79 Å². The van der Waals surface area contributed by atoms with E-state index in [9.17, 15) is 4.79 Å². The summed E-state index contributed by atoms with van der Waals surface area (Å²) in [5.41, 5.74) is 1.53. The lowest BCUT2D eigenvalue weighted by molar-refractivity contribution is 0.0635. The minimum Gasteiger partial charge on any atom is -0.338 e. The van der Waals surface area contributed by atoms with Crippen LogP contribution in [0.5, 0.6) is 0 Å². The largest absolute Gasteiger partial charge is 0.338 e. The van der Waals surface area contributed by atoms with Crippen LogP contribution in [-0.2, 0) is 0 Å². The number of nitrogens with zero attached hydrogens (tertiary/aromatic N) is 3. The Bertz CT molecular complexity index is 812. The summed E-state index contributed by atoms with van der Waals surface area (Å²) in [6, 6.07) is 6.06. The third-order valence-corrected chi connectivity index (χ3v) is 7.25. The van der Waals surface area contributed by atoms with Gasteiger partial charge in [0, 0.05) is 24.7 Å². The molecule has 4 nitrogen and oxygen atoms in total. The van der Waals surface area contributed by atoms with Crippen molar-refractivity contribution in [1.82, 2.24) is 14.8 Å². The summed E-state index contributed by atoms with van der Waals surface area (Å²) >= 11 is 13.8. The number of piperidine rings is 1. The quantitative estimate of drug-likeness (QED) is 0.645. The zero-order chi connectivity index (χ0) is 19.6. The Hall–Kier alpha value is -1.14. The first-order chi connectivity index (χ1) is 13.0. The van der Waals surface area contributed by atoms with Crippen molar-refractivity contribution in [2.24, 2.45) is 0 Å². The Morgan fingerprint density at radius 2 is 1.93 bits per heavy atom. The third-order valence-electron chi connectivity index (χ3n) is 5.25. The van der Waals surface area contributed by atoms with E-state index in [0.717, 1.165) is 55.3 Å². The smallest absolute Gasteiger partial charge is 0.265 e. The molecule has 7 heteroatoms. The molecule has 2 heterocycles. The summed E-state index contributed by atoms with van der Waals surface area (Å²) in [5.74, 6) is 0.0763.